The SMILES string of the molecule is Cc1occc1C(=N)c1ccccc1NCc1ccc(C(F)(F)F)cc1. The van der Waals surface area contributed by atoms with Crippen molar-refractivity contribution in [2.24, 2.45) is 0 Å². The zero-order chi connectivity index (χ0) is 18.7. The zero-order valence-electron chi connectivity index (χ0n) is 14.0. The molecule has 3 nitrogen and oxygen atoms in total. The molecule has 0 amide bonds. The minimum absolute atomic E-state index is 0.326. The molecule has 0 atom stereocenters. The van der Waals surface area contributed by atoms with E-state index in [0.29, 0.717) is 29.1 Å². The fourth-order valence-electron chi connectivity index (χ4n) is 2.65. The van der Waals surface area contributed by atoms with E-state index in [4.69, 9.17) is 9.83 Å². The van der Waals surface area contributed by atoms with E-state index in [1.54, 1.807) is 13.0 Å². The minimum atomic E-state index is -4.34. The van der Waals surface area contributed by atoms with Crippen LogP contribution in [0.15, 0.2) is 65.3 Å². The van der Waals surface area contributed by atoms with E-state index in [1.165, 1.54) is 18.4 Å². The van der Waals surface area contributed by atoms with Crippen LogP contribution in [0.3, 0.4) is 0 Å². The monoisotopic (exact) mass is 358 g/mol. The summed E-state index contributed by atoms with van der Waals surface area (Å²) >= 11 is 0. The van der Waals surface area contributed by atoms with Gasteiger partial charge in [-0.2, -0.15) is 13.2 Å². The van der Waals surface area contributed by atoms with Crippen LogP contribution >= 0.6 is 0 Å². The van der Waals surface area contributed by atoms with Crippen LogP contribution in [-0.2, 0) is 12.7 Å². The Morgan fingerprint density at radius 1 is 1.00 bits per heavy atom. The van der Waals surface area contributed by atoms with Crippen molar-refractivity contribution in [3.8, 4) is 0 Å². The number of nitrogens with one attached hydrogen (secondary N) is 2. The molecule has 0 fully saturated rings. The van der Waals surface area contributed by atoms with Crippen molar-refractivity contribution in [2.75, 3.05) is 5.32 Å². The first-order valence-corrected chi connectivity index (χ1v) is 7.98. The Morgan fingerprint density at radius 2 is 1.69 bits per heavy atom. The molecule has 1 aromatic heterocycles. The summed E-state index contributed by atoms with van der Waals surface area (Å²) in [5.74, 6) is 0.660. The molecular weight excluding hydrogens is 341 g/mol. The summed E-state index contributed by atoms with van der Waals surface area (Å²) in [6, 6.07) is 14.1. The number of hydrogen-bond donors (Lipinski definition) is 2. The van der Waals surface area contributed by atoms with Gasteiger partial charge in [0.2, 0.25) is 0 Å². The second kappa shape index (κ2) is 7.07. The molecular formula is C20H17F3N2O. The summed E-state index contributed by atoms with van der Waals surface area (Å²) in [6.07, 6.45) is -2.80. The van der Waals surface area contributed by atoms with Crippen molar-refractivity contribution in [2.45, 2.75) is 19.6 Å². The Balaban J connectivity index is 1.77. The molecule has 0 radical (unpaired) electrons. The Bertz CT molecular complexity index is 911. The molecule has 2 aromatic carbocycles. The molecule has 2 N–H and O–H groups in total. The third-order valence-electron chi connectivity index (χ3n) is 4.09. The number of alkyl halides is 3. The molecule has 3 rings (SSSR count). The number of hydrogen-bond acceptors (Lipinski definition) is 3. The summed E-state index contributed by atoms with van der Waals surface area (Å²) in [7, 11) is 0. The lowest BCUT2D eigenvalue weighted by Crippen LogP contribution is -2.09. The van der Waals surface area contributed by atoms with E-state index < -0.39 is 11.7 Å². The van der Waals surface area contributed by atoms with Gasteiger partial charge < -0.3 is 9.73 Å². The van der Waals surface area contributed by atoms with Gasteiger partial charge >= 0.3 is 6.18 Å². The summed E-state index contributed by atoms with van der Waals surface area (Å²) in [4.78, 5) is 0. The predicted molar refractivity (Wildman–Crippen MR) is 94.6 cm³/mol. The quantitative estimate of drug-likeness (QED) is 0.580. The van der Waals surface area contributed by atoms with Crippen molar-refractivity contribution < 1.29 is 17.6 Å². The average Bonchev–Trinajstić information content (AvgIpc) is 3.05. The normalized spacial score (nSPS) is 11.4. The molecule has 0 saturated heterocycles. The number of aryl methyl sites for hydroxylation is 1. The number of benzene rings is 2. The molecule has 0 aliphatic rings. The van der Waals surface area contributed by atoms with E-state index in [-0.39, 0.29) is 0 Å². The second-order valence-corrected chi connectivity index (χ2v) is 5.86. The van der Waals surface area contributed by atoms with Crippen LogP contribution in [0.1, 0.15) is 28.0 Å². The van der Waals surface area contributed by atoms with Gasteiger partial charge in [-0.05, 0) is 36.8 Å². The van der Waals surface area contributed by atoms with E-state index in [9.17, 15) is 13.2 Å². The first-order chi connectivity index (χ1) is 12.4. The zero-order valence-corrected chi connectivity index (χ0v) is 14.0. The Kier molecular flexibility index (Phi) is 4.84. The third-order valence-corrected chi connectivity index (χ3v) is 4.09. The number of anilines is 1. The standard InChI is InChI=1S/C20H17F3N2O/c1-13-16(10-11-26-13)19(24)17-4-2-3-5-18(17)25-12-14-6-8-15(9-7-14)20(21,22)23/h2-11,24-25H,12H2,1H3. The van der Waals surface area contributed by atoms with E-state index >= 15 is 0 Å². The van der Waals surface area contributed by atoms with Crippen LogP contribution < -0.4 is 5.32 Å². The fourth-order valence-corrected chi connectivity index (χ4v) is 2.65. The number of furan rings is 1. The Morgan fingerprint density at radius 3 is 2.31 bits per heavy atom. The minimum Gasteiger partial charge on any atom is -0.469 e. The van der Waals surface area contributed by atoms with Gasteiger partial charge in [-0.1, -0.05) is 30.3 Å². The molecule has 0 saturated carbocycles. The molecule has 3 aromatic rings. The van der Waals surface area contributed by atoms with Crippen molar-refractivity contribution in [1.82, 2.24) is 0 Å². The van der Waals surface area contributed by atoms with Gasteiger partial charge in [-0.25, -0.2) is 0 Å². The number of para-hydroxylation sites is 1. The van der Waals surface area contributed by atoms with Gasteiger partial charge in [-0.15, -0.1) is 0 Å². The first-order valence-electron chi connectivity index (χ1n) is 7.98. The van der Waals surface area contributed by atoms with Crippen LogP contribution in [-0.4, -0.2) is 5.71 Å². The maximum absolute atomic E-state index is 12.6. The van der Waals surface area contributed by atoms with Gasteiger partial charge in [0, 0.05) is 23.4 Å². The molecule has 0 unspecified atom stereocenters. The fraction of sp³-hybridized carbons (Fsp3) is 0.150. The summed E-state index contributed by atoms with van der Waals surface area (Å²) in [6.45, 7) is 2.15. The van der Waals surface area contributed by atoms with Crippen LogP contribution in [0.2, 0.25) is 0 Å². The lowest BCUT2D eigenvalue weighted by atomic mass is 10.0. The first kappa shape index (κ1) is 17.8. The molecule has 6 heteroatoms. The largest absolute Gasteiger partial charge is 0.469 e. The predicted octanol–water partition coefficient (Wildman–Crippen LogP) is 5.64. The van der Waals surface area contributed by atoms with Crippen LogP contribution in [0.4, 0.5) is 18.9 Å². The summed E-state index contributed by atoms with van der Waals surface area (Å²) in [5, 5.41) is 11.6. The van der Waals surface area contributed by atoms with Gasteiger partial charge in [0.15, 0.2) is 0 Å². The molecule has 134 valence electrons. The topological polar surface area (TPSA) is 49.0 Å². The van der Waals surface area contributed by atoms with Crippen LogP contribution in [0, 0.1) is 12.3 Å². The van der Waals surface area contributed by atoms with Crippen LogP contribution in [0.25, 0.3) is 0 Å². The molecule has 0 aliphatic carbocycles. The van der Waals surface area contributed by atoms with Crippen molar-refractivity contribution >= 4 is 11.4 Å². The van der Waals surface area contributed by atoms with E-state index in [0.717, 1.165) is 23.4 Å². The molecule has 0 aliphatic heterocycles. The smallest absolute Gasteiger partial charge is 0.416 e. The highest BCUT2D eigenvalue weighted by Crippen LogP contribution is 2.29. The van der Waals surface area contributed by atoms with Crippen molar-refractivity contribution in [3.05, 3.63) is 88.9 Å². The Hall–Kier alpha value is -3.02. The number of rotatable bonds is 5. The third kappa shape index (κ3) is 3.79. The van der Waals surface area contributed by atoms with E-state index in [2.05, 4.69) is 5.32 Å². The maximum Gasteiger partial charge on any atom is 0.416 e. The molecule has 26 heavy (non-hydrogen) atoms. The van der Waals surface area contributed by atoms with Gasteiger partial charge in [-0.3, -0.25) is 5.41 Å². The summed E-state index contributed by atoms with van der Waals surface area (Å²) < 4.78 is 43.2. The van der Waals surface area contributed by atoms with Crippen molar-refractivity contribution in [3.63, 3.8) is 0 Å². The molecule has 0 bridgehead atoms. The molecule has 0 spiro atoms. The number of halogens is 3. The lowest BCUT2D eigenvalue weighted by Gasteiger charge is -2.13. The van der Waals surface area contributed by atoms with Crippen molar-refractivity contribution in [1.29, 1.82) is 5.41 Å². The van der Waals surface area contributed by atoms with Crippen LogP contribution in [0.5, 0.6) is 0 Å². The highest BCUT2D eigenvalue weighted by Gasteiger charge is 2.29. The molecule has 1 heterocycles. The van der Waals surface area contributed by atoms with Gasteiger partial charge in [0.1, 0.15) is 5.76 Å². The maximum atomic E-state index is 12.6. The average molecular weight is 358 g/mol. The van der Waals surface area contributed by atoms with Gasteiger partial charge in [0.25, 0.3) is 0 Å². The summed E-state index contributed by atoms with van der Waals surface area (Å²) in [5.41, 5.74) is 2.51. The van der Waals surface area contributed by atoms with E-state index in [1.807, 2.05) is 24.3 Å². The highest BCUT2D eigenvalue weighted by molar-refractivity contribution is 6.14. The lowest BCUT2D eigenvalue weighted by molar-refractivity contribution is -0.137. The Labute approximate surface area is 149 Å². The second-order valence-electron chi connectivity index (χ2n) is 5.86. The van der Waals surface area contributed by atoms with Gasteiger partial charge in [0.05, 0.1) is 17.5 Å². The highest BCUT2D eigenvalue weighted by atomic mass is 19.4.